The Morgan fingerprint density at radius 3 is 2.33 bits per heavy atom. The summed E-state index contributed by atoms with van der Waals surface area (Å²) >= 11 is 0. The monoisotopic (exact) mass is 336 g/mol. The third-order valence-corrected chi connectivity index (χ3v) is 9.54. The van der Waals surface area contributed by atoms with E-state index in [1.165, 1.54) is 25.7 Å². The highest BCUT2D eigenvalue weighted by Crippen LogP contribution is 2.68. The molecule has 4 fully saturated rings. The van der Waals surface area contributed by atoms with Crippen LogP contribution in [0.15, 0.2) is 0 Å². The Labute approximate surface area is 146 Å². The van der Waals surface area contributed by atoms with E-state index < -0.39 is 11.7 Å². The average molecular weight is 337 g/mol. The fourth-order valence-electron chi connectivity index (χ4n) is 7.97. The molecule has 138 valence electrons. The molecule has 9 atom stereocenters. The number of fused-ring (bicyclic) bond motifs is 5. The molecule has 0 bridgehead atoms. The van der Waals surface area contributed by atoms with Crippen molar-refractivity contribution in [3.8, 4) is 0 Å². The molecule has 24 heavy (non-hydrogen) atoms. The summed E-state index contributed by atoms with van der Waals surface area (Å²) in [6.07, 6.45) is 8.99. The summed E-state index contributed by atoms with van der Waals surface area (Å²) in [6, 6.07) is 0. The highest BCUT2D eigenvalue weighted by atomic mass is 16.3. The van der Waals surface area contributed by atoms with E-state index >= 15 is 0 Å². The first-order chi connectivity index (χ1) is 11.2. The molecule has 4 aliphatic carbocycles. The zero-order valence-corrected chi connectivity index (χ0v) is 15.7. The molecule has 0 aromatic heterocycles. The van der Waals surface area contributed by atoms with Gasteiger partial charge in [0.2, 0.25) is 0 Å². The van der Waals surface area contributed by atoms with Crippen LogP contribution in [0.2, 0.25) is 0 Å². The molecule has 3 nitrogen and oxygen atoms in total. The van der Waals surface area contributed by atoms with Crippen molar-refractivity contribution in [3.63, 3.8) is 0 Å². The number of hydrogen-bond acceptors (Lipinski definition) is 3. The summed E-state index contributed by atoms with van der Waals surface area (Å²) in [5.41, 5.74) is -0.641. The van der Waals surface area contributed by atoms with E-state index in [0.717, 1.165) is 38.0 Å². The van der Waals surface area contributed by atoms with Crippen molar-refractivity contribution >= 4 is 0 Å². The molecular formula is C21H36O3. The highest BCUT2D eigenvalue weighted by Gasteiger charge is 2.65. The number of rotatable bonds is 1. The van der Waals surface area contributed by atoms with Crippen molar-refractivity contribution in [3.05, 3.63) is 0 Å². The molecule has 3 N–H and O–H groups in total. The van der Waals surface area contributed by atoms with Gasteiger partial charge in [0.25, 0.3) is 0 Å². The first kappa shape index (κ1) is 17.3. The minimum absolute atomic E-state index is 0.0831. The minimum Gasteiger partial charge on any atom is -0.393 e. The van der Waals surface area contributed by atoms with Crippen LogP contribution in [0.3, 0.4) is 0 Å². The molecule has 0 spiro atoms. The number of aliphatic hydroxyl groups is 3. The first-order valence-electron chi connectivity index (χ1n) is 10.3. The van der Waals surface area contributed by atoms with Gasteiger partial charge in [0.05, 0.1) is 17.8 Å². The summed E-state index contributed by atoms with van der Waals surface area (Å²) in [7, 11) is 0. The van der Waals surface area contributed by atoms with Crippen molar-refractivity contribution in [2.75, 3.05) is 0 Å². The topological polar surface area (TPSA) is 60.7 Å². The van der Waals surface area contributed by atoms with Gasteiger partial charge < -0.3 is 15.3 Å². The lowest BCUT2D eigenvalue weighted by Crippen LogP contribution is -2.59. The van der Waals surface area contributed by atoms with Crippen molar-refractivity contribution < 1.29 is 15.3 Å². The second-order valence-electron chi connectivity index (χ2n) is 10.2. The SMILES string of the molecule is C[C@H](O)[C@]1(O)CC[C@@H]2[C@@H]3CC[C@@H]4C[C@H](O)CC[C@]4(C)[C@@H]3CC[C@]21C. The molecular weight excluding hydrogens is 300 g/mol. The Kier molecular flexibility index (Phi) is 3.92. The maximum atomic E-state index is 11.3. The van der Waals surface area contributed by atoms with Gasteiger partial charge in [-0.3, -0.25) is 0 Å². The van der Waals surface area contributed by atoms with Crippen LogP contribution in [-0.4, -0.2) is 33.1 Å². The summed E-state index contributed by atoms with van der Waals surface area (Å²) in [5.74, 6) is 2.69. The van der Waals surface area contributed by atoms with Gasteiger partial charge in [0.15, 0.2) is 0 Å². The van der Waals surface area contributed by atoms with Crippen molar-refractivity contribution in [2.45, 2.75) is 96.4 Å². The van der Waals surface area contributed by atoms with Crippen molar-refractivity contribution in [1.29, 1.82) is 0 Å². The van der Waals surface area contributed by atoms with Crippen LogP contribution in [0.4, 0.5) is 0 Å². The normalized spacial score (nSPS) is 58.5. The maximum absolute atomic E-state index is 11.3. The number of aliphatic hydroxyl groups excluding tert-OH is 2. The quantitative estimate of drug-likeness (QED) is 0.687. The van der Waals surface area contributed by atoms with Crippen LogP contribution >= 0.6 is 0 Å². The number of hydrogen-bond donors (Lipinski definition) is 3. The van der Waals surface area contributed by atoms with E-state index in [2.05, 4.69) is 13.8 Å². The van der Waals surface area contributed by atoms with Gasteiger partial charge in [0.1, 0.15) is 0 Å². The molecule has 0 amide bonds. The highest BCUT2D eigenvalue weighted by molar-refractivity contribution is 5.15. The maximum Gasteiger partial charge on any atom is 0.0958 e. The Morgan fingerprint density at radius 1 is 0.917 bits per heavy atom. The molecule has 0 saturated heterocycles. The van der Waals surface area contributed by atoms with E-state index in [1.54, 1.807) is 6.92 Å². The minimum atomic E-state index is -0.900. The van der Waals surface area contributed by atoms with Gasteiger partial charge >= 0.3 is 0 Å². The lowest BCUT2D eigenvalue weighted by atomic mass is 9.44. The fraction of sp³-hybridized carbons (Fsp3) is 1.00. The molecule has 0 unspecified atom stereocenters. The standard InChI is InChI=1S/C21H36O3/c1-13(22)21(24)11-8-18-16-5-4-14-12-15(23)6-9-19(14,2)17(16)7-10-20(18,21)3/h13-18,22-24H,4-12H2,1-3H3/t13-,14+,15+,16+,17+,18+,19-,20+,21+/m0/s1. The predicted molar refractivity (Wildman–Crippen MR) is 94.4 cm³/mol. The molecule has 0 aliphatic heterocycles. The summed E-state index contributed by atoms with van der Waals surface area (Å²) in [5, 5.41) is 31.7. The summed E-state index contributed by atoms with van der Waals surface area (Å²) in [4.78, 5) is 0. The third-order valence-electron chi connectivity index (χ3n) is 9.54. The second kappa shape index (κ2) is 5.44. The molecule has 0 aromatic rings. The van der Waals surface area contributed by atoms with E-state index in [9.17, 15) is 15.3 Å². The molecule has 0 aromatic carbocycles. The molecule has 3 heteroatoms. The van der Waals surface area contributed by atoms with Crippen molar-refractivity contribution in [2.24, 2.45) is 34.5 Å². The summed E-state index contributed by atoms with van der Waals surface area (Å²) < 4.78 is 0. The second-order valence-corrected chi connectivity index (χ2v) is 10.2. The van der Waals surface area contributed by atoms with Crippen LogP contribution in [0.1, 0.15) is 78.6 Å². The molecule has 4 saturated carbocycles. The lowest BCUT2D eigenvalue weighted by molar-refractivity contribution is -0.186. The van der Waals surface area contributed by atoms with E-state index in [4.69, 9.17) is 0 Å². The molecule has 4 rings (SSSR count). The van der Waals surface area contributed by atoms with E-state index in [-0.39, 0.29) is 11.5 Å². The van der Waals surface area contributed by atoms with E-state index in [1.807, 2.05) is 0 Å². The largest absolute Gasteiger partial charge is 0.393 e. The lowest BCUT2D eigenvalue weighted by Gasteiger charge is -2.61. The van der Waals surface area contributed by atoms with Crippen LogP contribution in [0.5, 0.6) is 0 Å². The zero-order valence-electron chi connectivity index (χ0n) is 15.7. The van der Waals surface area contributed by atoms with Crippen LogP contribution in [-0.2, 0) is 0 Å². The fourth-order valence-corrected chi connectivity index (χ4v) is 7.97. The van der Waals surface area contributed by atoms with Gasteiger partial charge in [-0.1, -0.05) is 13.8 Å². The Hall–Kier alpha value is -0.120. The average Bonchev–Trinajstić information content (AvgIpc) is 2.81. The summed E-state index contributed by atoms with van der Waals surface area (Å²) in [6.45, 7) is 6.53. The van der Waals surface area contributed by atoms with Gasteiger partial charge in [-0.25, -0.2) is 0 Å². The zero-order chi connectivity index (χ0) is 17.3. The third kappa shape index (κ3) is 2.07. The van der Waals surface area contributed by atoms with Crippen molar-refractivity contribution in [1.82, 2.24) is 0 Å². The predicted octanol–water partition coefficient (Wildman–Crippen LogP) is 3.50. The van der Waals surface area contributed by atoms with Gasteiger partial charge in [-0.2, -0.15) is 0 Å². The van der Waals surface area contributed by atoms with E-state index in [0.29, 0.717) is 23.2 Å². The Morgan fingerprint density at radius 2 is 1.62 bits per heavy atom. The first-order valence-corrected chi connectivity index (χ1v) is 10.3. The van der Waals surface area contributed by atoms with Crippen LogP contribution < -0.4 is 0 Å². The Balaban J connectivity index is 1.63. The Bertz CT molecular complexity index is 505. The van der Waals surface area contributed by atoms with Gasteiger partial charge in [-0.15, -0.1) is 0 Å². The van der Waals surface area contributed by atoms with Crippen LogP contribution in [0, 0.1) is 34.5 Å². The van der Waals surface area contributed by atoms with Gasteiger partial charge in [-0.05, 0) is 93.8 Å². The molecule has 4 aliphatic rings. The van der Waals surface area contributed by atoms with Crippen LogP contribution in [0.25, 0.3) is 0 Å². The molecule has 0 radical (unpaired) electrons. The van der Waals surface area contributed by atoms with Gasteiger partial charge in [0, 0.05) is 5.41 Å². The smallest absolute Gasteiger partial charge is 0.0958 e. The molecule has 0 heterocycles.